The van der Waals surface area contributed by atoms with E-state index in [0.717, 1.165) is 5.03 Å². The van der Waals surface area contributed by atoms with Gasteiger partial charge in [0.05, 0.1) is 5.03 Å². The van der Waals surface area contributed by atoms with Gasteiger partial charge in [0.15, 0.2) is 5.82 Å². The zero-order valence-corrected chi connectivity index (χ0v) is 6.56. The third-order valence-electron chi connectivity index (χ3n) is 1.04. The molecular formula is C7H8N2S. The van der Waals surface area contributed by atoms with Crippen molar-refractivity contribution in [3.05, 3.63) is 24.7 Å². The number of nitrogens with zero attached hydrogens (tertiary/aromatic N) is 2. The third-order valence-corrected chi connectivity index (χ3v) is 1.69. The highest BCUT2D eigenvalue weighted by atomic mass is 32.2. The Hall–Kier alpha value is -0.830. The Bertz CT molecular complexity index is 235. The first-order chi connectivity index (χ1) is 4.86. The fourth-order valence-corrected chi connectivity index (χ4v) is 0.950. The van der Waals surface area contributed by atoms with Gasteiger partial charge in [-0.25, -0.2) is 9.97 Å². The Balaban J connectivity index is 2.98. The second-order valence-electron chi connectivity index (χ2n) is 1.66. The summed E-state index contributed by atoms with van der Waals surface area (Å²) in [5, 5.41) is 0.977. The maximum atomic E-state index is 4.14. The van der Waals surface area contributed by atoms with E-state index in [1.165, 1.54) is 0 Å². The van der Waals surface area contributed by atoms with Crippen molar-refractivity contribution in [1.82, 2.24) is 9.97 Å². The summed E-state index contributed by atoms with van der Waals surface area (Å²) in [5.41, 5.74) is 0. The summed E-state index contributed by atoms with van der Waals surface area (Å²) in [6.07, 6.45) is 5.35. The van der Waals surface area contributed by atoms with Gasteiger partial charge >= 0.3 is 0 Å². The fourth-order valence-electron chi connectivity index (χ4n) is 0.568. The van der Waals surface area contributed by atoms with Crippen LogP contribution in [-0.2, 0) is 0 Å². The van der Waals surface area contributed by atoms with Crippen molar-refractivity contribution in [3.8, 4) is 0 Å². The number of aromatic nitrogens is 2. The molecule has 0 unspecified atom stereocenters. The summed E-state index contributed by atoms with van der Waals surface area (Å²) in [5.74, 6) is 0.687. The summed E-state index contributed by atoms with van der Waals surface area (Å²) in [6, 6.07) is 1.87. The Morgan fingerprint density at radius 3 is 3.10 bits per heavy atom. The summed E-state index contributed by atoms with van der Waals surface area (Å²) < 4.78 is 0. The lowest BCUT2D eigenvalue weighted by atomic mass is 10.5. The molecule has 0 aliphatic rings. The predicted molar refractivity (Wildman–Crippen MR) is 43.9 cm³/mol. The Kier molecular flexibility index (Phi) is 2.45. The van der Waals surface area contributed by atoms with E-state index in [1.807, 2.05) is 12.3 Å². The standard InChI is InChI=1S/C7H8N2S/c1-3-6-8-5-4-7(9-6)10-2/h3-5H,1H2,2H3. The molecule has 10 heavy (non-hydrogen) atoms. The van der Waals surface area contributed by atoms with Crippen LogP contribution >= 0.6 is 11.8 Å². The van der Waals surface area contributed by atoms with Gasteiger partial charge in [-0.3, -0.25) is 0 Å². The summed E-state index contributed by atoms with van der Waals surface area (Å²) >= 11 is 1.60. The normalized spacial score (nSPS) is 9.30. The van der Waals surface area contributed by atoms with Gasteiger partial charge in [0.1, 0.15) is 0 Å². The van der Waals surface area contributed by atoms with E-state index in [-0.39, 0.29) is 0 Å². The minimum Gasteiger partial charge on any atom is -0.237 e. The van der Waals surface area contributed by atoms with Gasteiger partial charge in [-0.05, 0) is 18.4 Å². The van der Waals surface area contributed by atoms with E-state index in [2.05, 4.69) is 16.5 Å². The van der Waals surface area contributed by atoms with Crippen LogP contribution in [0.25, 0.3) is 6.08 Å². The second-order valence-corrected chi connectivity index (χ2v) is 2.49. The number of hydrogen-bond donors (Lipinski definition) is 0. The zero-order chi connectivity index (χ0) is 7.40. The molecule has 0 amide bonds. The van der Waals surface area contributed by atoms with E-state index in [9.17, 15) is 0 Å². The predicted octanol–water partition coefficient (Wildman–Crippen LogP) is 1.84. The summed E-state index contributed by atoms with van der Waals surface area (Å²) in [7, 11) is 0. The van der Waals surface area contributed by atoms with E-state index >= 15 is 0 Å². The first-order valence-electron chi connectivity index (χ1n) is 2.86. The van der Waals surface area contributed by atoms with Crippen LogP contribution in [0.2, 0.25) is 0 Å². The maximum Gasteiger partial charge on any atom is 0.152 e. The molecule has 1 aromatic rings. The van der Waals surface area contributed by atoms with Crippen LogP contribution in [0.3, 0.4) is 0 Å². The Labute approximate surface area is 64.4 Å². The molecule has 0 atom stereocenters. The van der Waals surface area contributed by atoms with Crippen molar-refractivity contribution in [2.75, 3.05) is 6.26 Å². The van der Waals surface area contributed by atoms with Gasteiger partial charge < -0.3 is 0 Å². The van der Waals surface area contributed by atoms with E-state index in [4.69, 9.17) is 0 Å². The molecule has 1 heterocycles. The Morgan fingerprint density at radius 1 is 1.70 bits per heavy atom. The van der Waals surface area contributed by atoms with Crippen molar-refractivity contribution in [2.24, 2.45) is 0 Å². The molecule has 1 rings (SSSR count). The monoisotopic (exact) mass is 152 g/mol. The van der Waals surface area contributed by atoms with E-state index in [1.54, 1.807) is 24.0 Å². The molecule has 0 saturated heterocycles. The second kappa shape index (κ2) is 3.37. The van der Waals surface area contributed by atoms with Crippen molar-refractivity contribution in [2.45, 2.75) is 5.03 Å². The quantitative estimate of drug-likeness (QED) is 0.477. The highest BCUT2D eigenvalue weighted by molar-refractivity contribution is 7.98. The third kappa shape index (κ3) is 1.57. The van der Waals surface area contributed by atoms with Gasteiger partial charge in [-0.1, -0.05) is 6.58 Å². The molecule has 2 nitrogen and oxygen atoms in total. The van der Waals surface area contributed by atoms with E-state index in [0.29, 0.717) is 5.82 Å². The lowest BCUT2D eigenvalue weighted by Crippen LogP contribution is -1.86. The van der Waals surface area contributed by atoms with Crippen LogP contribution in [0.4, 0.5) is 0 Å². The average molecular weight is 152 g/mol. The highest BCUT2D eigenvalue weighted by Gasteiger charge is 1.91. The molecule has 0 saturated carbocycles. The van der Waals surface area contributed by atoms with Gasteiger partial charge in [-0.2, -0.15) is 0 Å². The molecule has 0 fully saturated rings. The van der Waals surface area contributed by atoms with Crippen molar-refractivity contribution >= 4 is 17.8 Å². The van der Waals surface area contributed by atoms with Crippen LogP contribution in [0, 0.1) is 0 Å². The maximum absolute atomic E-state index is 4.14. The highest BCUT2D eigenvalue weighted by Crippen LogP contribution is 2.09. The smallest absolute Gasteiger partial charge is 0.152 e. The van der Waals surface area contributed by atoms with Gasteiger partial charge in [0, 0.05) is 6.20 Å². The van der Waals surface area contributed by atoms with Crippen molar-refractivity contribution < 1.29 is 0 Å². The fraction of sp³-hybridized carbons (Fsp3) is 0.143. The number of thioether (sulfide) groups is 1. The molecule has 0 aliphatic heterocycles. The van der Waals surface area contributed by atoms with E-state index < -0.39 is 0 Å². The van der Waals surface area contributed by atoms with Gasteiger partial charge in [-0.15, -0.1) is 11.8 Å². The first kappa shape index (κ1) is 7.28. The lowest BCUT2D eigenvalue weighted by molar-refractivity contribution is 1.03. The largest absolute Gasteiger partial charge is 0.237 e. The van der Waals surface area contributed by atoms with Crippen molar-refractivity contribution in [1.29, 1.82) is 0 Å². The van der Waals surface area contributed by atoms with Crippen LogP contribution in [-0.4, -0.2) is 16.2 Å². The molecule has 1 aromatic heterocycles. The van der Waals surface area contributed by atoms with Gasteiger partial charge in [0.2, 0.25) is 0 Å². The zero-order valence-electron chi connectivity index (χ0n) is 5.74. The van der Waals surface area contributed by atoms with Crippen LogP contribution < -0.4 is 0 Å². The molecule has 0 aromatic carbocycles. The molecule has 52 valence electrons. The summed E-state index contributed by atoms with van der Waals surface area (Å²) in [6.45, 7) is 3.57. The van der Waals surface area contributed by atoms with Crippen LogP contribution in [0.1, 0.15) is 5.82 Å². The molecule has 0 aliphatic carbocycles. The first-order valence-corrected chi connectivity index (χ1v) is 4.09. The number of hydrogen-bond acceptors (Lipinski definition) is 3. The minimum absolute atomic E-state index is 0.687. The average Bonchev–Trinajstić information content (AvgIpc) is 2.05. The molecule has 0 spiro atoms. The van der Waals surface area contributed by atoms with Crippen LogP contribution in [0.15, 0.2) is 23.9 Å². The molecular weight excluding hydrogens is 144 g/mol. The summed E-state index contributed by atoms with van der Waals surface area (Å²) in [4.78, 5) is 8.11. The minimum atomic E-state index is 0.687. The topological polar surface area (TPSA) is 25.8 Å². The van der Waals surface area contributed by atoms with Crippen LogP contribution in [0.5, 0.6) is 0 Å². The number of rotatable bonds is 2. The van der Waals surface area contributed by atoms with Crippen molar-refractivity contribution in [3.63, 3.8) is 0 Å². The molecule has 3 heteroatoms. The lowest BCUT2D eigenvalue weighted by Gasteiger charge is -1.93. The molecule has 0 bridgehead atoms. The Morgan fingerprint density at radius 2 is 2.50 bits per heavy atom. The molecule has 0 N–H and O–H groups in total. The van der Waals surface area contributed by atoms with Gasteiger partial charge in [0.25, 0.3) is 0 Å². The molecule has 0 radical (unpaired) electrons. The SMILES string of the molecule is C=Cc1nccc(SC)n1.